The van der Waals surface area contributed by atoms with Crippen molar-refractivity contribution in [1.29, 1.82) is 0 Å². The summed E-state index contributed by atoms with van der Waals surface area (Å²) in [4.78, 5) is 25.1. The molecule has 1 atom stereocenters. The fourth-order valence-corrected chi connectivity index (χ4v) is 4.33. The van der Waals surface area contributed by atoms with Crippen molar-refractivity contribution in [2.75, 3.05) is 31.1 Å². The lowest BCUT2D eigenvalue weighted by atomic mass is 9.71. The van der Waals surface area contributed by atoms with Crippen LogP contribution in [0.5, 0.6) is 0 Å². The maximum Gasteiger partial charge on any atom is 0.230 e. The van der Waals surface area contributed by atoms with Gasteiger partial charge in [0.15, 0.2) is 0 Å². The van der Waals surface area contributed by atoms with Crippen molar-refractivity contribution in [1.82, 2.24) is 20.0 Å². The Balaban J connectivity index is 1.39. The van der Waals surface area contributed by atoms with Gasteiger partial charge in [0.05, 0.1) is 24.4 Å². The zero-order chi connectivity index (χ0) is 18.9. The first-order valence-electron chi connectivity index (χ1n) is 9.42. The van der Waals surface area contributed by atoms with Crippen LogP contribution in [-0.2, 0) is 11.2 Å². The Bertz CT molecular complexity index is 786. The number of aliphatic hydroxyl groups is 1. The summed E-state index contributed by atoms with van der Waals surface area (Å²) in [6.07, 6.45) is 7.46. The molecule has 2 aromatic rings. The van der Waals surface area contributed by atoms with Crippen molar-refractivity contribution in [2.45, 2.75) is 38.7 Å². The summed E-state index contributed by atoms with van der Waals surface area (Å²) in [6, 6.07) is 1.81. The third-order valence-corrected chi connectivity index (χ3v) is 5.68. The predicted molar refractivity (Wildman–Crippen MR) is 98.1 cm³/mol. The molecule has 1 amide bonds. The molecule has 1 unspecified atom stereocenters. The number of rotatable bonds is 3. The van der Waals surface area contributed by atoms with Gasteiger partial charge in [0.1, 0.15) is 11.6 Å². The minimum absolute atomic E-state index is 0.00872. The van der Waals surface area contributed by atoms with E-state index in [2.05, 4.69) is 20.0 Å². The summed E-state index contributed by atoms with van der Waals surface area (Å²) in [5.41, 5.74) is 0.796. The standard InChI is InChI=1S/C19H25N5O3/c1-14-8-16(27-22-14)9-18(26)23-6-2-19(3-7-23)10-15(25)12-24(13-19)17-11-20-4-5-21-17/h4-5,8,11,15,25H,2-3,6-7,9-10,12-13H2,1H3. The van der Waals surface area contributed by atoms with E-state index in [1.54, 1.807) is 24.7 Å². The number of anilines is 1. The molecule has 2 fully saturated rings. The molecule has 0 aliphatic carbocycles. The molecule has 2 aliphatic rings. The second-order valence-electron chi connectivity index (χ2n) is 7.79. The summed E-state index contributed by atoms with van der Waals surface area (Å²) in [7, 11) is 0. The van der Waals surface area contributed by atoms with E-state index < -0.39 is 0 Å². The van der Waals surface area contributed by atoms with Crippen LogP contribution in [-0.4, -0.2) is 63.3 Å². The van der Waals surface area contributed by atoms with Crippen LogP contribution >= 0.6 is 0 Å². The summed E-state index contributed by atoms with van der Waals surface area (Å²) >= 11 is 0. The number of carbonyl (C=O) groups excluding carboxylic acids is 1. The molecule has 2 saturated heterocycles. The van der Waals surface area contributed by atoms with Crippen LogP contribution in [0, 0.1) is 12.3 Å². The van der Waals surface area contributed by atoms with Gasteiger partial charge >= 0.3 is 0 Å². The quantitative estimate of drug-likeness (QED) is 0.866. The average Bonchev–Trinajstić information content (AvgIpc) is 3.07. The lowest BCUT2D eigenvalue weighted by molar-refractivity contribution is -0.133. The highest BCUT2D eigenvalue weighted by Gasteiger charge is 2.42. The lowest BCUT2D eigenvalue weighted by Gasteiger charge is -2.49. The number of aliphatic hydroxyl groups excluding tert-OH is 1. The van der Waals surface area contributed by atoms with Crippen LogP contribution in [0.25, 0.3) is 0 Å². The Kier molecular flexibility index (Phi) is 4.82. The maximum absolute atomic E-state index is 12.6. The number of amides is 1. The molecule has 8 heteroatoms. The number of nitrogens with zero attached hydrogens (tertiary/aromatic N) is 5. The van der Waals surface area contributed by atoms with Crippen molar-refractivity contribution < 1.29 is 14.4 Å². The number of carbonyl (C=O) groups is 1. The summed E-state index contributed by atoms with van der Waals surface area (Å²) in [6.45, 7) is 4.67. The van der Waals surface area contributed by atoms with Crippen LogP contribution < -0.4 is 4.90 Å². The van der Waals surface area contributed by atoms with E-state index in [1.807, 2.05) is 11.8 Å². The first-order chi connectivity index (χ1) is 13.0. The Morgan fingerprint density at radius 2 is 2.19 bits per heavy atom. The molecule has 2 aromatic heterocycles. The van der Waals surface area contributed by atoms with E-state index in [1.165, 1.54) is 0 Å². The fraction of sp³-hybridized carbons (Fsp3) is 0.579. The molecular weight excluding hydrogens is 346 g/mol. The van der Waals surface area contributed by atoms with Crippen molar-refractivity contribution in [2.24, 2.45) is 5.41 Å². The number of hydrogen-bond donors (Lipinski definition) is 1. The molecule has 144 valence electrons. The molecule has 27 heavy (non-hydrogen) atoms. The van der Waals surface area contributed by atoms with E-state index in [-0.39, 0.29) is 23.8 Å². The van der Waals surface area contributed by atoms with E-state index >= 15 is 0 Å². The van der Waals surface area contributed by atoms with Crippen LogP contribution in [0.2, 0.25) is 0 Å². The summed E-state index contributed by atoms with van der Waals surface area (Å²) in [5.74, 6) is 1.48. The number of aryl methyl sites for hydroxylation is 1. The summed E-state index contributed by atoms with van der Waals surface area (Å²) < 4.78 is 5.16. The summed E-state index contributed by atoms with van der Waals surface area (Å²) in [5, 5.41) is 14.3. The topological polar surface area (TPSA) is 95.6 Å². The van der Waals surface area contributed by atoms with Gasteiger partial charge in [-0.25, -0.2) is 4.98 Å². The van der Waals surface area contributed by atoms with Gasteiger partial charge in [-0.2, -0.15) is 0 Å². The van der Waals surface area contributed by atoms with Crippen LogP contribution in [0.15, 0.2) is 29.2 Å². The highest BCUT2D eigenvalue weighted by Crippen LogP contribution is 2.41. The average molecular weight is 371 g/mol. The number of aromatic nitrogens is 3. The molecule has 2 aliphatic heterocycles. The zero-order valence-electron chi connectivity index (χ0n) is 15.5. The van der Waals surface area contributed by atoms with E-state index in [0.29, 0.717) is 25.4 Å². The monoisotopic (exact) mass is 371 g/mol. The molecule has 0 bridgehead atoms. The van der Waals surface area contributed by atoms with E-state index in [4.69, 9.17) is 4.52 Å². The number of likely N-dealkylation sites (tertiary alicyclic amines) is 1. The first-order valence-corrected chi connectivity index (χ1v) is 9.42. The predicted octanol–water partition coefficient (Wildman–Crippen LogP) is 1.20. The second kappa shape index (κ2) is 7.26. The Labute approximate surface area is 158 Å². The van der Waals surface area contributed by atoms with Crippen LogP contribution in [0.1, 0.15) is 30.7 Å². The third-order valence-electron chi connectivity index (χ3n) is 5.68. The van der Waals surface area contributed by atoms with E-state index in [9.17, 15) is 9.90 Å². The van der Waals surface area contributed by atoms with Crippen molar-refractivity contribution in [3.63, 3.8) is 0 Å². The zero-order valence-corrected chi connectivity index (χ0v) is 15.5. The molecule has 1 N–H and O–H groups in total. The molecule has 0 aromatic carbocycles. The lowest BCUT2D eigenvalue weighted by Crippen LogP contribution is -2.55. The van der Waals surface area contributed by atoms with Crippen LogP contribution in [0.4, 0.5) is 5.82 Å². The van der Waals surface area contributed by atoms with E-state index in [0.717, 1.165) is 37.3 Å². The highest BCUT2D eigenvalue weighted by atomic mass is 16.5. The number of hydrogen-bond acceptors (Lipinski definition) is 7. The number of β-amino-alcohol motifs (C(OH)–C–C–N with tert-alkyl or cyclic N) is 1. The molecular formula is C19H25N5O3. The van der Waals surface area contributed by atoms with Crippen LogP contribution in [0.3, 0.4) is 0 Å². The van der Waals surface area contributed by atoms with Gasteiger partial charge in [0.25, 0.3) is 0 Å². The molecule has 0 radical (unpaired) electrons. The fourth-order valence-electron chi connectivity index (χ4n) is 4.33. The van der Waals surface area contributed by atoms with Gasteiger partial charge in [-0.1, -0.05) is 5.16 Å². The largest absolute Gasteiger partial charge is 0.391 e. The van der Waals surface area contributed by atoms with Crippen molar-refractivity contribution in [3.05, 3.63) is 36.1 Å². The Morgan fingerprint density at radius 1 is 1.37 bits per heavy atom. The third kappa shape index (κ3) is 3.95. The maximum atomic E-state index is 12.6. The van der Waals surface area contributed by atoms with Gasteiger partial charge in [0.2, 0.25) is 5.91 Å². The van der Waals surface area contributed by atoms with Crippen molar-refractivity contribution >= 4 is 11.7 Å². The minimum Gasteiger partial charge on any atom is -0.391 e. The van der Waals surface area contributed by atoms with Gasteiger partial charge in [-0.05, 0) is 31.6 Å². The Hall–Kier alpha value is -2.48. The molecule has 4 rings (SSSR count). The van der Waals surface area contributed by atoms with Crippen molar-refractivity contribution in [3.8, 4) is 0 Å². The smallest absolute Gasteiger partial charge is 0.230 e. The highest BCUT2D eigenvalue weighted by molar-refractivity contribution is 5.78. The second-order valence-corrected chi connectivity index (χ2v) is 7.79. The molecule has 8 nitrogen and oxygen atoms in total. The molecule has 0 saturated carbocycles. The molecule has 4 heterocycles. The number of piperidine rings is 2. The first kappa shape index (κ1) is 17.9. The van der Waals surface area contributed by atoms with Gasteiger partial charge in [0, 0.05) is 44.6 Å². The Morgan fingerprint density at radius 3 is 2.85 bits per heavy atom. The van der Waals surface area contributed by atoms with Gasteiger partial charge in [-0.15, -0.1) is 0 Å². The normalized spacial score (nSPS) is 22.2. The SMILES string of the molecule is Cc1cc(CC(=O)N2CCC3(CC2)CC(O)CN(c2cnccn2)C3)on1. The minimum atomic E-state index is -0.389. The molecule has 1 spiro atoms. The van der Waals surface area contributed by atoms with Gasteiger partial charge in [-0.3, -0.25) is 9.78 Å². The van der Waals surface area contributed by atoms with Gasteiger partial charge < -0.3 is 19.4 Å².